The molecule has 0 aromatic rings. The number of ether oxygens (including phenoxy) is 3. The summed E-state index contributed by atoms with van der Waals surface area (Å²) in [6.07, 6.45) is 6.21. The van der Waals surface area contributed by atoms with E-state index >= 15 is 0 Å². The molecule has 4 heteroatoms. The predicted octanol–water partition coefficient (Wildman–Crippen LogP) is 2.62. The fourth-order valence-corrected chi connectivity index (χ4v) is 2.16. The van der Waals surface area contributed by atoms with Gasteiger partial charge in [0, 0.05) is 19.8 Å². The highest BCUT2D eigenvalue weighted by Gasteiger charge is 2.41. The molecular weight excluding hydrogens is 254 g/mol. The third-order valence-electron chi connectivity index (χ3n) is 3.87. The standard InChI is InChI=1S/C16H33NO3/c1-3-5-9-18-11-13-20-14-12-19-10-8-16(6-7-16)15-17-4-2/h17H,3-15H2,1-2H3. The third-order valence-corrected chi connectivity index (χ3v) is 3.87. The van der Waals surface area contributed by atoms with E-state index in [1.165, 1.54) is 25.7 Å². The molecule has 0 heterocycles. The molecule has 0 bridgehead atoms. The van der Waals surface area contributed by atoms with Crippen LogP contribution in [0.3, 0.4) is 0 Å². The maximum atomic E-state index is 5.64. The van der Waals surface area contributed by atoms with Crippen LogP contribution in [0.2, 0.25) is 0 Å². The summed E-state index contributed by atoms with van der Waals surface area (Å²) in [7, 11) is 0. The van der Waals surface area contributed by atoms with Crippen LogP contribution in [0.5, 0.6) is 0 Å². The zero-order valence-electron chi connectivity index (χ0n) is 13.4. The van der Waals surface area contributed by atoms with E-state index < -0.39 is 0 Å². The van der Waals surface area contributed by atoms with Gasteiger partial charge in [-0.1, -0.05) is 20.3 Å². The first-order valence-electron chi connectivity index (χ1n) is 8.27. The summed E-state index contributed by atoms with van der Waals surface area (Å²) in [5, 5.41) is 3.45. The molecule has 0 amide bonds. The average molecular weight is 287 g/mol. The lowest BCUT2D eigenvalue weighted by Gasteiger charge is -2.15. The quantitative estimate of drug-likeness (QED) is 0.470. The van der Waals surface area contributed by atoms with Gasteiger partial charge < -0.3 is 19.5 Å². The minimum absolute atomic E-state index is 0.546. The van der Waals surface area contributed by atoms with Crippen molar-refractivity contribution in [2.75, 3.05) is 52.7 Å². The van der Waals surface area contributed by atoms with Crippen LogP contribution in [0, 0.1) is 5.41 Å². The molecule has 1 aliphatic rings. The summed E-state index contributed by atoms with van der Waals surface area (Å²) >= 11 is 0. The van der Waals surface area contributed by atoms with Gasteiger partial charge in [0.15, 0.2) is 0 Å². The minimum atomic E-state index is 0.546. The van der Waals surface area contributed by atoms with E-state index in [-0.39, 0.29) is 0 Å². The summed E-state index contributed by atoms with van der Waals surface area (Å²) < 4.78 is 16.5. The molecule has 0 saturated heterocycles. The number of unbranched alkanes of at least 4 members (excludes halogenated alkanes) is 1. The van der Waals surface area contributed by atoms with Crippen LogP contribution in [-0.4, -0.2) is 52.7 Å². The van der Waals surface area contributed by atoms with Gasteiger partial charge in [-0.25, -0.2) is 0 Å². The predicted molar refractivity (Wildman–Crippen MR) is 82.2 cm³/mol. The van der Waals surface area contributed by atoms with Gasteiger partial charge in [-0.3, -0.25) is 0 Å². The first-order chi connectivity index (χ1) is 9.83. The monoisotopic (exact) mass is 287 g/mol. The Morgan fingerprint density at radius 3 is 2.00 bits per heavy atom. The van der Waals surface area contributed by atoms with E-state index in [2.05, 4.69) is 19.2 Å². The van der Waals surface area contributed by atoms with Crippen molar-refractivity contribution in [3.63, 3.8) is 0 Å². The highest BCUT2D eigenvalue weighted by Crippen LogP contribution is 2.48. The molecule has 1 aliphatic carbocycles. The van der Waals surface area contributed by atoms with E-state index in [0.717, 1.165) is 32.7 Å². The second-order valence-electron chi connectivity index (χ2n) is 5.72. The van der Waals surface area contributed by atoms with Crippen molar-refractivity contribution in [1.29, 1.82) is 0 Å². The Morgan fingerprint density at radius 2 is 1.45 bits per heavy atom. The topological polar surface area (TPSA) is 39.7 Å². The number of hydrogen-bond acceptors (Lipinski definition) is 4. The van der Waals surface area contributed by atoms with Gasteiger partial charge in [-0.15, -0.1) is 0 Å². The van der Waals surface area contributed by atoms with Crippen molar-refractivity contribution in [2.24, 2.45) is 5.41 Å². The number of hydrogen-bond donors (Lipinski definition) is 1. The molecule has 0 unspecified atom stereocenters. The van der Waals surface area contributed by atoms with Crippen LogP contribution in [0.15, 0.2) is 0 Å². The molecule has 0 aromatic heterocycles. The van der Waals surface area contributed by atoms with E-state index in [1.807, 2.05) is 0 Å². The van der Waals surface area contributed by atoms with E-state index in [1.54, 1.807) is 0 Å². The molecular formula is C16H33NO3. The second kappa shape index (κ2) is 11.5. The van der Waals surface area contributed by atoms with Gasteiger partial charge in [0.1, 0.15) is 0 Å². The van der Waals surface area contributed by atoms with Gasteiger partial charge in [0.2, 0.25) is 0 Å². The Hall–Kier alpha value is -0.160. The third kappa shape index (κ3) is 8.90. The molecule has 0 radical (unpaired) electrons. The van der Waals surface area contributed by atoms with Crippen molar-refractivity contribution in [1.82, 2.24) is 5.32 Å². The molecule has 1 fully saturated rings. The van der Waals surface area contributed by atoms with Crippen molar-refractivity contribution in [3.05, 3.63) is 0 Å². The fourth-order valence-electron chi connectivity index (χ4n) is 2.16. The lowest BCUT2D eigenvalue weighted by atomic mass is 10.0. The Bertz CT molecular complexity index is 220. The highest BCUT2D eigenvalue weighted by molar-refractivity contribution is 4.94. The SMILES string of the molecule is CCCCOCCOCCOCCC1(CNCC)CC1. The lowest BCUT2D eigenvalue weighted by Crippen LogP contribution is -2.24. The Labute approximate surface area is 124 Å². The van der Waals surface area contributed by atoms with Gasteiger partial charge in [0.25, 0.3) is 0 Å². The van der Waals surface area contributed by atoms with E-state index in [4.69, 9.17) is 14.2 Å². The van der Waals surface area contributed by atoms with Crippen LogP contribution >= 0.6 is 0 Å². The van der Waals surface area contributed by atoms with Crippen molar-refractivity contribution < 1.29 is 14.2 Å². The van der Waals surface area contributed by atoms with E-state index in [9.17, 15) is 0 Å². The highest BCUT2D eigenvalue weighted by atomic mass is 16.5. The first kappa shape index (κ1) is 17.9. The van der Waals surface area contributed by atoms with Crippen LogP contribution in [0.4, 0.5) is 0 Å². The average Bonchev–Trinajstić information content (AvgIpc) is 3.23. The number of nitrogens with one attached hydrogen (secondary N) is 1. The first-order valence-corrected chi connectivity index (χ1v) is 8.27. The molecule has 120 valence electrons. The fraction of sp³-hybridized carbons (Fsp3) is 1.00. The summed E-state index contributed by atoms with van der Waals surface area (Å²) in [5.74, 6) is 0. The summed E-state index contributed by atoms with van der Waals surface area (Å²) in [4.78, 5) is 0. The molecule has 0 aromatic carbocycles. The molecule has 1 rings (SSSR count). The van der Waals surface area contributed by atoms with E-state index in [0.29, 0.717) is 31.8 Å². The Morgan fingerprint density at radius 1 is 0.850 bits per heavy atom. The van der Waals surface area contributed by atoms with Crippen LogP contribution in [-0.2, 0) is 14.2 Å². The normalized spacial score (nSPS) is 16.5. The van der Waals surface area contributed by atoms with Crippen molar-refractivity contribution in [2.45, 2.75) is 46.0 Å². The smallest absolute Gasteiger partial charge is 0.0701 e. The molecule has 0 atom stereocenters. The zero-order chi connectivity index (χ0) is 14.5. The molecule has 0 spiro atoms. The van der Waals surface area contributed by atoms with Gasteiger partial charge >= 0.3 is 0 Å². The molecule has 4 nitrogen and oxygen atoms in total. The van der Waals surface area contributed by atoms with Crippen molar-refractivity contribution >= 4 is 0 Å². The second-order valence-corrected chi connectivity index (χ2v) is 5.72. The Kier molecular flexibility index (Phi) is 10.3. The lowest BCUT2D eigenvalue weighted by molar-refractivity contribution is 0.0113. The number of rotatable bonds is 15. The molecule has 0 aliphatic heterocycles. The van der Waals surface area contributed by atoms with Gasteiger partial charge in [0.05, 0.1) is 26.4 Å². The molecule has 1 N–H and O–H groups in total. The van der Waals surface area contributed by atoms with Crippen molar-refractivity contribution in [3.8, 4) is 0 Å². The summed E-state index contributed by atoms with van der Waals surface area (Å²) in [5.41, 5.74) is 0.546. The summed E-state index contributed by atoms with van der Waals surface area (Å²) in [6.45, 7) is 11.0. The molecule has 1 saturated carbocycles. The maximum Gasteiger partial charge on any atom is 0.0701 e. The van der Waals surface area contributed by atoms with Gasteiger partial charge in [-0.2, -0.15) is 0 Å². The van der Waals surface area contributed by atoms with Crippen LogP contribution in [0.25, 0.3) is 0 Å². The largest absolute Gasteiger partial charge is 0.379 e. The van der Waals surface area contributed by atoms with Crippen LogP contribution < -0.4 is 5.32 Å². The maximum absolute atomic E-state index is 5.64. The van der Waals surface area contributed by atoms with Gasteiger partial charge in [-0.05, 0) is 37.6 Å². The minimum Gasteiger partial charge on any atom is -0.379 e. The van der Waals surface area contributed by atoms with Crippen LogP contribution in [0.1, 0.15) is 46.0 Å². The molecule has 20 heavy (non-hydrogen) atoms. The zero-order valence-corrected chi connectivity index (χ0v) is 13.4. The Balaban J connectivity index is 1.77. The summed E-state index contributed by atoms with van der Waals surface area (Å²) in [6, 6.07) is 0.